The fourth-order valence-electron chi connectivity index (χ4n) is 3.65. The van der Waals surface area contributed by atoms with E-state index in [0.717, 1.165) is 38.9 Å². The van der Waals surface area contributed by atoms with Gasteiger partial charge in [-0.25, -0.2) is 0 Å². The molecule has 1 N–H and O–H groups in total. The van der Waals surface area contributed by atoms with Crippen LogP contribution in [0.25, 0.3) is 21.9 Å². The van der Waals surface area contributed by atoms with Gasteiger partial charge in [-0.3, -0.25) is 9.48 Å². The van der Waals surface area contributed by atoms with Crippen molar-refractivity contribution < 1.29 is 13.9 Å². The number of nitrogens with one attached hydrogen (secondary N) is 1. The highest BCUT2D eigenvalue weighted by Crippen LogP contribution is 2.36. The quantitative estimate of drug-likeness (QED) is 0.555. The number of methoxy groups -OCH3 is 1. The Morgan fingerprint density at radius 3 is 2.68 bits per heavy atom. The van der Waals surface area contributed by atoms with E-state index in [4.69, 9.17) is 9.15 Å². The van der Waals surface area contributed by atoms with Crippen LogP contribution in [0.1, 0.15) is 23.4 Å². The van der Waals surface area contributed by atoms with Crippen molar-refractivity contribution in [1.29, 1.82) is 0 Å². The number of para-hydroxylation sites is 1. The second-order valence-electron chi connectivity index (χ2n) is 6.97. The zero-order valence-corrected chi connectivity index (χ0v) is 16.5. The van der Waals surface area contributed by atoms with Crippen LogP contribution < -0.4 is 10.1 Å². The number of fused-ring (bicyclic) bond motifs is 3. The minimum Gasteiger partial charge on any atom is -0.495 e. The average molecular weight is 377 g/mol. The summed E-state index contributed by atoms with van der Waals surface area (Å²) in [5.41, 5.74) is 5.32. The van der Waals surface area contributed by atoms with Crippen molar-refractivity contribution in [2.24, 2.45) is 7.05 Å². The lowest BCUT2D eigenvalue weighted by Crippen LogP contribution is -2.13. The molecule has 2 heterocycles. The molecule has 2 aromatic carbocycles. The summed E-state index contributed by atoms with van der Waals surface area (Å²) < 4.78 is 13.3. The van der Waals surface area contributed by atoms with Crippen LogP contribution in [0.3, 0.4) is 0 Å². The number of aryl methyl sites for hydroxylation is 2. The van der Waals surface area contributed by atoms with Crippen molar-refractivity contribution in [3.63, 3.8) is 0 Å². The Kier molecular flexibility index (Phi) is 4.55. The molecule has 28 heavy (non-hydrogen) atoms. The first kappa shape index (κ1) is 18.1. The summed E-state index contributed by atoms with van der Waals surface area (Å²) in [6, 6.07) is 11.6. The summed E-state index contributed by atoms with van der Waals surface area (Å²) in [5.74, 6) is 0.539. The number of rotatable bonds is 5. The average Bonchev–Trinajstić information content (AvgIpc) is 3.15. The number of amides is 1. The number of aromatic nitrogens is 2. The lowest BCUT2D eigenvalue weighted by molar-refractivity contribution is -0.116. The van der Waals surface area contributed by atoms with Crippen molar-refractivity contribution in [2.75, 3.05) is 12.4 Å². The number of benzene rings is 2. The number of carbonyl (C=O) groups is 1. The highest BCUT2D eigenvalue weighted by molar-refractivity contribution is 6.07. The van der Waals surface area contributed by atoms with E-state index in [2.05, 4.69) is 10.4 Å². The maximum absolute atomic E-state index is 12.6. The molecule has 4 rings (SSSR count). The van der Waals surface area contributed by atoms with Crippen LogP contribution in [0.15, 0.2) is 40.8 Å². The lowest BCUT2D eigenvalue weighted by atomic mass is 10.1. The zero-order chi connectivity index (χ0) is 19.8. The molecule has 6 nitrogen and oxygen atoms in total. The summed E-state index contributed by atoms with van der Waals surface area (Å²) in [4.78, 5) is 12.6. The van der Waals surface area contributed by atoms with Crippen molar-refractivity contribution in [3.8, 4) is 5.75 Å². The Morgan fingerprint density at radius 1 is 1.18 bits per heavy atom. The van der Waals surface area contributed by atoms with Gasteiger partial charge in [0.2, 0.25) is 5.91 Å². The minimum absolute atomic E-state index is 0.0728. The van der Waals surface area contributed by atoms with E-state index < -0.39 is 0 Å². The molecule has 0 bridgehead atoms. The van der Waals surface area contributed by atoms with E-state index in [-0.39, 0.29) is 5.91 Å². The normalized spacial score (nSPS) is 11.3. The maximum atomic E-state index is 12.6. The molecule has 0 saturated carbocycles. The van der Waals surface area contributed by atoms with Crippen LogP contribution in [0, 0.1) is 13.8 Å². The Bertz CT molecular complexity index is 1190. The first-order valence-electron chi connectivity index (χ1n) is 9.26. The smallest absolute Gasteiger partial charge is 0.224 e. The first-order chi connectivity index (χ1) is 13.5. The lowest BCUT2D eigenvalue weighted by Gasteiger charge is -2.10. The third-order valence-corrected chi connectivity index (χ3v) is 5.23. The molecule has 0 radical (unpaired) electrons. The molecule has 2 aromatic heterocycles. The summed E-state index contributed by atoms with van der Waals surface area (Å²) in [6.45, 7) is 3.99. The second-order valence-corrected chi connectivity index (χ2v) is 6.97. The summed E-state index contributed by atoms with van der Waals surface area (Å²) in [7, 11) is 3.51. The molecule has 0 atom stereocenters. The van der Waals surface area contributed by atoms with Crippen molar-refractivity contribution in [2.45, 2.75) is 26.7 Å². The molecule has 1 amide bonds. The van der Waals surface area contributed by atoms with Crippen LogP contribution >= 0.6 is 0 Å². The molecule has 0 aliphatic rings. The Morgan fingerprint density at radius 2 is 1.96 bits per heavy atom. The predicted octanol–water partition coefficient (Wildman–Crippen LogP) is 4.52. The van der Waals surface area contributed by atoms with Gasteiger partial charge >= 0.3 is 0 Å². The minimum atomic E-state index is -0.0728. The fourth-order valence-corrected chi connectivity index (χ4v) is 3.65. The van der Waals surface area contributed by atoms with Gasteiger partial charge < -0.3 is 14.5 Å². The highest BCUT2D eigenvalue weighted by atomic mass is 16.5. The van der Waals surface area contributed by atoms with Crippen LogP contribution in [0.4, 0.5) is 5.69 Å². The van der Waals surface area contributed by atoms with Gasteiger partial charge in [0.25, 0.3) is 0 Å². The number of anilines is 1. The second kappa shape index (κ2) is 7.03. The predicted molar refractivity (Wildman–Crippen MR) is 110 cm³/mol. The third-order valence-electron chi connectivity index (χ3n) is 5.23. The summed E-state index contributed by atoms with van der Waals surface area (Å²) in [6.07, 6.45) is 1.02. The van der Waals surface area contributed by atoms with Crippen molar-refractivity contribution >= 4 is 33.5 Å². The van der Waals surface area contributed by atoms with Gasteiger partial charge in [0.05, 0.1) is 18.5 Å². The number of hydrogen-bond acceptors (Lipinski definition) is 4. The molecule has 0 saturated heterocycles. The number of carbonyl (C=O) groups excluding carboxylic acids is 1. The highest BCUT2D eigenvalue weighted by Gasteiger charge is 2.15. The molecular formula is C22H23N3O3. The molecule has 6 heteroatoms. The van der Waals surface area contributed by atoms with Crippen LogP contribution in [0.2, 0.25) is 0 Å². The SMILES string of the molecule is COc1cc2c(cc1NC(=O)CCc1c(C)nn(C)c1C)oc1ccccc12. The van der Waals surface area contributed by atoms with Gasteiger partial charge in [-0.05, 0) is 38.0 Å². The van der Waals surface area contributed by atoms with E-state index in [1.165, 1.54) is 0 Å². The van der Waals surface area contributed by atoms with Crippen LogP contribution in [0.5, 0.6) is 5.75 Å². The number of furan rings is 1. The molecule has 0 spiro atoms. The molecule has 0 aliphatic carbocycles. The first-order valence-corrected chi connectivity index (χ1v) is 9.26. The zero-order valence-electron chi connectivity index (χ0n) is 16.5. The number of ether oxygens (including phenoxy) is 1. The van der Waals surface area contributed by atoms with Gasteiger partial charge in [0.15, 0.2) is 0 Å². The standard InChI is InChI=1S/C22H23N3O3/c1-13-15(14(2)25(3)24-13)9-10-22(26)23-18-12-20-17(11-21(18)27-4)16-7-5-6-8-19(16)28-20/h5-8,11-12H,9-10H2,1-4H3,(H,23,26). The van der Waals surface area contributed by atoms with E-state index in [1.54, 1.807) is 7.11 Å². The van der Waals surface area contributed by atoms with E-state index >= 15 is 0 Å². The third kappa shape index (κ3) is 3.11. The van der Waals surface area contributed by atoms with Crippen molar-refractivity contribution in [3.05, 3.63) is 53.3 Å². The summed E-state index contributed by atoms with van der Waals surface area (Å²) >= 11 is 0. The number of hydrogen-bond donors (Lipinski definition) is 1. The van der Waals surface area contributed by atoms with E-state index in [9.17, 15) is 4.79 Å². The topological polar surface area (TPSA) is 69.3 Å². The molecule has 144 valence electrons. The Hall–Kier alpha value is -3.28. The Labute approximate surface area is 163 Å². The van der Waals surface area contributed by atoms with E-state index in [0.29, 0.717) is 24.3 Å². The van der Waals surface area contributed by atoms with Crippen LogP contribution in [-0.2, 0) is 18.3 Å². The molecule has 0 aliphatic heterocycles. The van der Waals surface area contributed by atoms with Gasteiger partial charge in [0, 0.05) is 36.0 Å². The van der Waals surface area contributed by atoms with Crippen LogP contribution in [-0.4, -0.2) is 22.8 Å². The molecule has 4 aromatic rings. The van der Waals surface area contributed by atoms with Gasteiger partial charge in [-0.2, -0.15) is 5.10 Å². The fraction of sp³-hybridized carbons (Fsp3) is 0.273. The van der Waals surface area contributed by atoms with Crippen molar-refractivity contribution in [1.82, 2.24) is 9.78 Å². The van der Waals surface area contributed by atoms with E-state index in [1.807, 2.05) is 62.0 Å². The molecular weight excluding hydrogens is 354 g/mol. The molecule has 0 fully saturated rings. The van der Waals surface area contributed by atoms with Gasteiger partial charge in [0.1, 0.15) is 16.9 Å². The maximum Gasteiger partial charge on any atom is 0.224 e. The summed E-state index contributed by atoms with van der Waals surface area (Å²) in [5, 5.41) is 9.36. The van der Waals surface area contributed by atoms with Gasteiger partial charge in [-0.1, -0.05) is 18.2 Å². The number of nitrogens with zero attached hydrogens (tertiary/aromatic N) is 2. The Balaban J connectivity index is 1.58. The van der Waals surface area contributed by atoms with Gasteiger partial charge in [-0.15, -0.1) is 0 Å². The molecule has 0 unspecified atom stereocenters. The monoisotopic (exact) mass is 377 g/mol. The largest absolute Gasteiger partial charge is 0.495 e.